The molecule has 1 saturated heterocycles. The van der Waals surface area contributed by atoms with Gasteiger partial charge in [0.2, 0.25) is 0 Å². The molecule has 0 saturated carbocycles. The highest BCUT2D eigenvalue weighted by Gasteiger charge is 2.54. The molecule has 128 valence electrons. The predicted molar refractivity (Wildman–Crippen MR) is 89.7 cm³/mol. The van der Waals surface area contributed by atoms with Gasteiger partial charge in [-0.15, -0.1) is 0 Å². The Morgan fingerprint density at radius 3 is 1.96 bits per heavy atom. The molecule has 6 nitrogen and oxygen atoms in total. The van der Waals surface area contributed by atoms with Crippen molar-refractivity contribution in [3.05, 3.63) is 12.1 Å². The van der Waals surface area contributed by atoms with Crippen molar-refractivity contribution in [1.29, 1.82) is 0 Å². The molecule has 1 aromatic carbocycles. The Balaban J connectivity index is 2.25. The van der Waals surface area contributed by atoms with Gasteiger partial charge in [-0.25, -0.2) is 4.79 Å². The molecule has 1 aliphatic rings. The summed E-state index contributed by atoms with van der Waals surface area (Å²) in [6.45, 7) is 9.17. The molecule has 0 radical (unpaired) electrons. The van der Waals surface area contributed by atoms with E-state index in [9.17, 15) is 4.79 Å². The number of likely N-dealkylation sites (tertiary alicyclic amines) is 1. The van der Waals surface area contributed by atoms with E-state index < -0.39 is 0 Å². The number of carbonyl (C=O) groups is 1. The van der Waals surface area contributed by atoms with Crippen molar-refractivity contribution in [2.24, 2.45) is 5.41 Å². The van der Waals surface area contributed by atoms with Crippen LogP contribution in [0.15, 0.2) is 12.1 Å². The summed E-state index contributed by atoms with van der Waals surface area (Å²) in [5.74, 6) is 1.60. The molecule has 1 heterocycles. The second-order valence-corrected chi connectivity index (χ2v) is 6.87. The van der Waals surface area contributed by atoms with Gasteiger partial charge in [-0.2, -0.15) is 0 Å². The number of hydrogen-bond donors (Lipinski definition) is 1. The van der Waals surface area contributed by atoms with Gasteiger partial charge in [-0.05, 0) is 13.8 Å². The predicted octanol–water partition coefficient (Wildman–Crippen LogP) is 3.36. The van der Waals surface area contributed by atoms with Crippen LogP contribution in [0, 0.1) is 5.41 Å². The topological polar surface area (TPSA) is 60.0 Å². The lowest BCUT2D eigenvalue weighted by Crippen LogP contribution is -2.71. The molecule has 1 aromatic rings. The van der Waals surface area contributed by atoms with E-state index in [0.717, 1.165) is 0 Å². The zero-order valence-corrected chi connectivity index (χ0v) is 14.9. The average molecular weight is 322 g/mol. The van der Waals surface area contributed by atoms with Crippen LogP contribution in [-0.2, 0) is 0 Å². The van der Waals surface area contributed by atoms with Crippen molar-refractivity contribution in [3.8, 4) is 17.2 Å². The first-order valence-corrected chi connectivity index (χ1v) is 7.56. The summed E-state index contributed by atoms with van der Waals surface area (Å²) < 4.78 is 15.9. The second-order valence-electron chi connectivity index (χ2n) is 6.87. The van der Waals surface area contributed by atoms with Crippen LogP contribution in [0.1, 0.15) is 27.7 Å². The Bertz CT molecular complexity index is 611. The van der Waals surface area contributed by atoms with E-state index in [2.05, 4.69) is 33.0 Å². The van der Waals surface area contributed by atoms with Gasteiger partial charge < -0.3 is 24.4 Å². The maximum absolute atomic E-state index is 12.6. The van der Waals surface area contributed by atoms with Crippen molar-refractivity contribution in [1.82, 2.24) is 4.90 Å². The summed E-state index contributed by atoms with van der Waals surface area (Å²) in [6, 6.07) is 3.24. The Morgan fingerprint density at radius 1 is 1.00 bits per heavy atom. The fourth-order valence-electron chi connectivity index (χ4n) is 2.70. The van der Waals surface area contributed by atoms with Gasteiger partial charge in [0, 0.05) is 29.6 Å². The van der Waals surface area contributed by atoms with Crippen LogP contribution in [0.4, 0.5) is 10.5 Å². The summed E-state index contributed by atoms with van der Waals surface area (Å²) in [4.78, 5) is 14.4. The lowest BCUT2D eigenvalue weighted by molar-refractivity contribution is -0.0770. The quantitative estimate of drug-likeness (QED) is 0.923. The SMILES string of the molecule is COc1cc(OC)c(OC)cc1NC(=O)N1CC(C)(C)C1(C)C. The minimum atomic E-state index is -0.207. The van der Waals surface area contributed by atoms with Crippen LogP contribution in [0.5, 0.6) is 17.2 Å². The van der Waals surface area contributed by atoms with E-state index in [-0.39, 0.29) is 17.0 Å². The third kappa shape index (κ3) is 2.78. The summed E-state index contributed by atoms with van der Waals surface area (Å²) in [5, 5.41) is 2.91. The highest BCUT2D eigenvalue weighted by Crippen LogP contribution is 2.47. The zero-order valence-electron chi connectivity index (χ0n) is 14.9. The summed E-state index contributed by atoms with van der Waals surface area (Å²) in [6.07, 6.45) is 0. The fraction of sp³-hybridized carbons (Fsp3) is 0.588. The number of ether oxygens (including phenoxy) is 3. The van der Waals surface area contributed by atoms with Crippen molar-refractivity contribution in [2.45, 2.75) is 33.2 Å². The van der Waals surface area contributed by atoms with E-state index in [1.165, 1.54) is 0 Å². The monoisotopic (exact) mass is 322 g/mol. The van der Waals surface area contributed by atoms with Crippen LogP contribution in [0.2, 0.25) is 0 Å². The molecular weight excluding hydrogens is 296 g/mol. The molecule has 1 fully saturated rings. The van der Waals surface area contributed by atoms with Gasteiger partial charge in [0.05, 0.1) is 27.0 Å². The van der Waals surface area contributed by atoms with Crippen molar-refractivity contribution in [2.75, 3.05) is 33.2 Å². The Kier molecular flexibility index (Phi) is 4.37. The molecule has 0 unspecified atom stereocenters. The number of carbonyl (C=O) groups excluding carboxylic acids is 1. The van der Waals surface area contributed by atoms with Crippen LogP contribution in [0.3, 0.4) is 0 Å². The molecule has 0 spiro atoms. The second kappa shape index (κ2) is 5.83. The smallest absolute Gasteiger partial charge is 0.322 e. The first-order valence-electron chi connectivity index (χ1n) is 7.56. The molecule has 2 amide bonds. The average Bonchev–Trinajstić information content (AvgIpc) is 2.51. The normalized spacial score (nSPS) is 18.0. The minimum absolute atomic E-state index is 0.0893. The molecule has 0 aliphatic carbocycles. The number of nitrogens with one attached hydrogen (secondary N) is 1. The first kappa shape index (κ1) is 17.2. The van der Waals surface area contributed by atoms with Gasteiger partial charge in [-0.1, -0.05) is 13.8 Å². The van der Waals surface area contributed by atoms with E-state index in [1.807, 2.05) is 4.90 Å². The Morgan fingerprint density at radius 2 is 1.52 bits per heavy atom. The molecule has 23 heavy (non-hydrogen) atoms. The van der Waals surface area contributed by atoms with E-state index >= 15 is 0 Å². The largest absolute Gasteiger partial charge is 0.494 e. The molecule has 2 rings (SSSR count). The molecule has 0 bridgehead atoms. The van der Waals surface area contributed by atoms with E-state index in [0.29, 0.717) is 29.5 Å². The number of amides is 2. The van der Waals surface area contributed by atoms with E-state index in [1.54, 1.807) is 33.5 Å². The van der Waals surface area contributed by atoms with Crippen LogP contribution >= 0.6 is 0 Å². The van der Waals surface area contributed by atoms with Crippen molar-refractivity contribution >= 4 is 11.7 Å². The maximum atomic E-state index is 12.6. The van der Waals surface area contributed by atoms with Gasteiger partial charge in [0.25, 0.3) is 0 Å². The highest BCUT2D eigenvalue weighted by molar-refractivity contribution is 5.93. The van der Waals surface area contributed by atoms with Gasteiger partial charge in [0.1, 0.15) is 5.75 Å². The molecular formula is C17H26N2O4. The number of hydrogen-bond acceptors (Lipinski definition) is 4. The van der Waals surface area contributed by atoms with Crippen LogP contribution in [0.25, 0.3) is 0 Å². The van der Waals surface area contributed by atoms with Crippen molar-refractivity contribution < 1.29 is 19.0 Å². The Labute approximate surface area is 137 Å². The minimum Gasteiger partial charge on any atom is -0.494 e. The summed E-state index contributed by atoms with van der Waals surface area (Å²) in [7, 11) is 4.66. The molecule has 0 aromatic heterocycles. The van der Waals surface area contributed by atoms with Gasteiger partial charge in [-0.3, -0.25) is 0 Å². The third-order valence-electron chi connectivity index (χ3n) is 5.08. The lowest BCUT2D eigenvalue weighted by Gasteiger charge is -2.60. The fourth-order valence-corrected chi connectivity index (χ4v) is 2.70. The molecule has 0 atom stereocenters. The number of benzene rings is 1. The van der Waals surface area contributed by atoms with Crippen LogP contribution in [-0.4, -0.2) is 44.3 Å². The van der Waals surface area contributed by atoms with Gasteiger partial charge in [0.15, 0.2) is 11.5 Å². The number of nitrogens with zero attached hydrogens (tertiary/aromatic N) is 1. The molecule has 1 aliphatic heterocycles. The lowest BCUT2D eigenvalue weighted by atomic mass is 9.65. The summed E-state index contributed by atoms with van der Waals surface area (Å²) in [5.41, 5.74) is 0.433. The standard InChI is InChI=1S/C17H26N2O4/c1-16(2)10-19(17(16,3)4)15(20)18-11-8-13(22-6)14(23-7)9-12(11)21-5/h8-9H,10H2,1-7H3,(H,18,20). The molecule has 6 heteroatoms. The maximum Gasteiger partial charge on any atom is 0.322 e. The summed E-state index contributed by atoms with van der Waals surface area (Å²) >= 11 is 0. The highest BCUT2D eigenvalue weighted by atomic mass is 16.5. The van der Waals surface area contributed by atoms with Gasteiger partial charge >= 0.3 is 6.03 Å². The number of anilines is 1. The third-order valence-corrected chi connectivity index (χ3v) is 5.08. The number of methoxy groups -OCH3 is 3. The van der Waals surface area contributed by atoms with E-state index in [4.69, 9.17) is 14.2 Å². The first-order chi connectivity index (χ1) is 10.7. The molecule has 1 N–H and O–H groups in total. The zero-order chi connectivity index (χ0) is 17.4. The van der Waals surface area contributed by atoms with Crippen LogP contribution < -0.4 is 19.5 Å². The number of rotatable bonds is 4. The number of urea groups is 1. The van der Waals surface area contributed by atoms with Crippen molar-refractivity contribution in [3.63, 3.8) is 0 Å². The Hall–Kier alpha value is -2.11.